The van der Waals surface area contributed by atoms with Gasteiger partial charge >= 0.3 is 5.97 Å². The third-order valence-electron chi connectivity index (χ3n) is 3.07. The number of carboxylic acid groups (broad SMARTS) is 1. The Labute approximate surface area is 82.9 Å². The third kappa shape index (κ3) is 1.95. The minimum Gasteiger partial charge on any atom is -0.480 e. The van der Waals surface area contributed by atoms with Crippen LogP contribution in [-0.4, -0.2) is 40.9 Å². The van der Waals surface area contributed by atoms with Gasteiger partial charge in [0.2, 0.25) is 0 Å². The highest BCUT2D eigenvalue weighted by Gasteiger charge is 2.40. The zero-order valence-electron chi connectivity index (χ0n) is 8.11. The number of rotatable bonds is 3. The molecule has 1 saturated carbocycles. The molecule has 4 nitrogen and oxygen atoms in total. The van der Waals surface area contributed by atoms with Crippen LogP contribution in [0.15, 0.2) is 0 Å². The van der Waals surface area contributed by atoms with E-state index in [1.807, 2.05) is 4.90 Å². The maximum atomic E-state index is 11.0. The van der Waals surface area contributed by atoms with Gasteiger partial charge in [-0.25, -0.2) is 0 Å². The number of hydrogen-bond acceptors (Lipinski definition) is 3. The van der Waals surface area contributed by atoms with Gasteiger partial charge in [0.1, 0.15) is 11.8 Å². The normalized spacial score (nSPS) is 26.1. The number of aliphatic carboxylic acids is 1. The minimum atomic E-state index is -0.721. The molecule has 2 fully saturated rings. The first-order valence-corrected chi connectivity index (χ1v) is 5.17. The first-order valence-electron chi connectivity index (χ1n) is 5.17. The molecule has 1 aliphatic heterocycles. The quantitative estimate of drug-likeness (QED) is 0.716. The van der Waals surface area contributed by atoms with Crippen LogP contribution >= 0.6 is 0 Å². The van der Waals surface area contributed by atoms with Crippen LogP contribution in [0.2, 0.25) is 0 Å². The number of hydrogen-bond donors (Lipinski definition) is 1. The Bertz CT molecular complexity index is 250. The van der Waals surface area contributed by atoms with E-state index in [4.69, 9.17) is 5.11 Å². The van der Waals surface area contributed by atoms with E-state index in [1.165, 1.54) is 0 Å². The van der Waals surface area contributed by atoms with Crippen LogP contribution in [0, 0.1) is 5.92 Å². The van der Waals surface area contributed by atoms with Crippen molar-refractivity contribution >= 4 is 11.8 Å². The number of piperidine rings is 1. The summed E-state index contributed by atoms with van der Waals surface area (Å²) in [6.45, 7) is 1.26. The van der Waals surface area contributed by atoms with Crippen LogP contribution in [0.25, 0.3) is 0 Å². The van der Waals surface area contributed by atoms with Gasteiger partial charge in [-0.3, -0.25) is 14.5 Å². The molecule has 1 saturated heterocycles. The molecule has 4 heteroatoms. The number of nitrogens with zero attached hydrogens (tertiary/aromatic N) is 1. The highest BCUT2D eigenvalue weighted by Crippen LogP contribution is 2.36. The van der Waals surface area contributed by atoms with Crippen molar-refractivity contribution in [2.75, 3.05) is 13.1 Å². The molecule has 78 valence electrons. The summed E-state index contributed by atoms with van der Waals surface area (Å²) in [5, 5.41) is 9.08. The average Bonchev–Trinajstić information content (AvgIpc) is 2.92. The van der Waals surface area contributed by atoms with Crippen LogP contribution < -0.4 is 0 Å². The second-order valence-corrected chi connectivity index (χ2v) is 4.20. The molecule has 0 aromatic rings. The van der Waals surface area contributed by atoms with Gasteiger partial charge in [-0.15, -0.1) is 0 Å². The Kier molecular flexibility index (Phi) is 2.54. The largest absolute Gasteiger partial charge is 0.480 e. The summed E-state index contributed by atoms with van der Waals surface area (Å²) in [5.41, 5.74) is 0. The van der Waals surface area contributed by atoms with Crippen molar-refractivity contribution in [2.45, 2.75) is 31.7 Å². The van der Waals surface area contributed by atoms with Gasteiger partial charge in [-0.1, -0.05) is 0 Å². The fourth-order valence-electron chi connectivity index (χ4n) is 2.12. The fraction of sp³-hybridized carbons (Fsp3) is 0.800. The molecule has 0 bridgehead atoms. The number of carbonyl (C=O) groups excluding carboxylic acids is 1. The van der Waals surface area contributed by atoms with E-state index in [2.05, 4.69) is 0 Å². The van der Waals surface area contributed by atoms with Crippen molar-refractivity contribution in [1.29, 1.82) is 0 Å². The van der Waals surface area contributed by atoms with E-state index in [-0.39, 0.29) is 11.8 Å². The van der Waals surface area contributed by atoms with Crippen LogP contribution in [0.4, 0.5) is 0 Å². The number of likely N-dealkylation sites (tertiary alicyclic amines) is 1. The highest BCUT2D eigenvalue weighted by atomic mass is 16.4. The second kappa shape index (κ2) is 3.69. The van der Waals surface area contributed by atoms with Crippen molar-refractivity contribution < 1.29 is 14.7 Å². The minimum absolute atomic E-state index is 0.265. The SMILES string of the molecule is O=C1CCN(C(C(=O)O)C2CC2)CC1. The van der Waals surface area contributed by atoms with Crippen LogP contribution in [-0.2, 0) is 9.59 Å². The summed E-state index contributed by atoms with van der Waals surface area (Å²) in [5.74, 6) is -0.122. The van der Waals surface area contributed by atoms with Gasteiger partial charge < -0.3 is 5.11 Å². The number of ketones is 1. The standard InChI is InChI=1S/C10H15NO3/c12-8-3-5-11(6-4-8)9(10(13)14)7-1-2-7/h7,9H,1-6H2,(H,13,14). The Morgan fingerprint density at radius 1 is 1.36 bits per heavy atom. The molecule has 1 aliphatic carbocycles. The first kappa shape index (κ1) is 9.65. The number of carboxylic acids is 1. The topological polar surface area (TPSA) is 57.6 Å². The molecule has 14 heavy (non-hydrogen) atoms. The predicted octanol–water partition coefficient (Wildman–Crippen LogP) is 0.514. The molecule has 1 N–H and O–H groups in total. The monoisotopic (exact) mass is 197 g/mol. The van der Waals surface area contributed by atoms with E-state index in [0.717, 1.165) is 12.8 Å². The molecule has 1 atom stereocenters. The second-order valence-electron chi connectivity index (χ2n) is 4.20. The molecular weight excluding hydrogens is 182 g/mol. The van der Waals surface area contributed by atoms with Gasteiger partial charge in [0, 0.05) is 25.9 Å². The summed E-state index contributed by atoms with van der Waals surface area (Å²) in [4.78, 5) is 24.0. The lowest BCUT2D eigenvalue weighted by molar-refractivity contribution is -0.145. The Morgan fingerprint density at radius 2 is 1.93 bits per heavy atom. The van der Waals surface area contributed by atoms with Crippen LogP contribution in [0.1, 0.15) is 25.7 Å². The first-order chi connectivity index (χ1) is 6.68. The zero-order chi connectivity index (χ0) is 10.1. The molecule has 0 aromatic heterocycles. The van der Waals surface area contributed by atoms with Gasteiger partial charge in [-0.05, 0) is 18.8 Å². The van der Waals surface area contributed by atoms with Crippen LogP contribution in [0.5, 0.6) is 0 Å². The van der Waals surface area contributed by atoms with Gasteiger partial charge in [0.25, 0.3) is 0 Å². The van der Waals surface area contributed by atoms with Gasteiger partial charge in [0.15, 0.2) is 0 Å². The Balaban J connectivity index is 1.97. The van der Waals surface area contributed by atoms with E-state index < -0.39 is 5.97 Å². The maximum absolute atomic E-state index is 11.0. The molecule has 0 amide bonds. The lowest BCUT2D eigenvalue weighted by Gasteiger charge is -2.31. The Hall–Kier alpha value is -0.900. The van der Waals surface area contributed by atoms with Crippen molar-refractivity contribution in [3.8, 4) is 0 Å². The highest BCUT2D eigenvalue weighted by molar-refractivity contribution is 5.80. The summed E-state index contributed by atoms with van der Waals surface area (Å²) in [6, 6.07) is -0.330. The van der Waals surface area contributed by atoms with E-state index in [1.54, 1.807) is 0 Å². The third-order valence-corrected chi connectivity index (χ3v) is 3.07. The molecule has 2 aliphatic rings. The lowest BCUT2D eigenvalue weighted by atomic mass is 10.0. The summed E-state index contributed by atoms with van der Waals surface area (Å²) >= 11 is 0. The number of carbonyl (C=O) groups is 2. The smallest absolute Gasteiger partial charge is 0.321 e. The van der Waals surface area contributed by atoms with Gasteiger partial charge in [0.05, 0.1) is 0 Å². The summed E-state index contributed by atoms with van der Waals surface area (Å²) in [6.07, 6.45) is 3.11. The van der Waals surface area contributed by atoms with Crippen molar-refractivity contribution in [1.82, 2.24) is 4.90 Å². The van der Waals surface area contributed by atoms with Crippen molar-refractivity contribution in [2.24, 2.45) is 5.92 Å². The van der Waals surface area contributed by atoms with E-state index in [0.29, 0.717) is 31.8 Å². The van der Waals surface area contributed by atoms with Crippen molar-refractivity contribution in [3.05, 3.63) is 0 Å². The lowest BCUT2D eigenvalue weighted by Crippen LogP contribution is -2.47. The molecule has 0 spiro atoms. The zero-order valence-corrected chi connectivity index (χ0v) is 8.11. The van der Waals surface area contributed by atoms with Crippen molar-refractivity contribution in [3.63, 3.8) is 0 Å². The summed E-state index contributed by atoms with van der Waals surface area (Å²) < 4.78 is 0. The molecule has 0 aromatic carbocycles. The molecule has 1 unspecified atom stereocenters. The van der Waals surface area contributed by atoms with Crippen LogP contribution in [0.3, 0.4) is 0 Å². The van der Waals surface area contributed by atoms with Gasteiger partial charge in [-0.2, -0.15) is 0 Å². The molecule has 0 radical (unpaired) electrons. The molecule has 1 heterocycles. The molecule has 2 rings (SSSR count). The molecular formula is C10H15NO3. The maximum Gasteiger partial charge on any atom is 0.321 e. The summed E-state index contributed by atoms with van der Waals surface area (Å²) in [7, 11) is 0. The predicted molar refractivity (Wildman–Crippen MR) is 50.0 cm³/mol. The average molecular weight is 197 g/mol. The number of Topliss-reactive ketones (excluding diaryl/α,β-unsaturated/α-hetero) is 1. The van der Waals surface area contributed by atoms with E-state index in [9.17, 15) is 9.59 Å². The fourth-order valence-corrected chi connectivity index (χ4v) is 2.12. The van der Waals surface area contributed by atoms with E-state index >= 15 is 0 Å². The Morgan fingerprint density at radius 3 is 2.36 bits per heavy atom.